The van der Waals surface area contributed by atoms with Crippen LogP contribution >= 0.6 is 0 Å². The average molecular weight is 296 g/mol. The summed E-state index contributed by atoms with van der Waals surface area (Å²) < 4.78 is 10.1. The van der Waals surface area contributed by atoms with Crippen LogP contribution in [0.3, 0.4) is 0 Å². The van der Waals surface area contributed by atoms with Gasteiger partial charge in [-0.2, -0.15) is 0 Å². The SMILES string of the molecule is COC(=O)/C=C(\C)c1cccc(-c2cc(C)ccc2OC)c1. The minimum absolute atomic E-state index is 0.351. The Morgan fingerprint density at radius 1 is 1.09 bits per heavy atom. The van der Waals surface area contributed by atoms with Crippen LogP contribution in [0.4, 0.5) is 0 Å². The quantitative estimate of drug-likeness (QED) is 0.625. The van der Waals surface area contributed by atoms with Crippen molar-refractivity contribution in [1.29, 1.82) is 0 Å². The Bertz CT molecular complexity index is 714. The van der Waals surface area contributed by atoms with Crippen LogP contribution in [0.15, 0.2) is 48.5 Å². The molecule has 3 heteroatoms. The molecule has 0 saturated heterocycles. The number of hydrogen-bond donors (Lipinski definition) is 0. The van der Waals surface area contributed by atoms with Crippen molar-refractivity contribution in [1.82, 2.24) is 0 Å². The van der Waals surface area contributed by atoms with Gasteiger partial charge in [0.2, 0.25) is 0 Å². The highest BCUT2D eigenvalue weighted by Gasteiger charge is 2.08. The summed E-state index contributed by atoms with van der Waals surface area (Å²) in [5.41, 5.74) is 5.10. The molecule has 0 N–H and O–H groups in total. The molecule has 0 spiro atoms. The van der Waals surface area contributed by atoms with E-state index < -0.39 is 0 Å². The second kappa shape index (κ2) is 6.94. The van der Waals surface area contributed by atoms with Crippen LogP contribution in [0.2, 0.25) is 0 Å². The molecule has 0 unspecified atom stereocenters. The molecular weight excluding hydrogens is 276 g/mol. The van der Waals surface area contributed by atoms with Crippen molar-refractivity contribution in [3.05, 3.63) is 59.7 Å². The molecule has 0 radical (unpaired) electrons. The van der Waals surface area contributed by atoms with Crippen LogP contribution in [0, 0.1) is 6.92 Å². The summed E-state index contributed by atoms with van der Waals surface area (Å²) in [4.78, 5) is 11.4. The van der Waals surface area contributed by atoms with Crippen LogP contribution in [-0.4, -0.2) is 20.2 Å². The Balaban J connectivity index is 2.47. The van der Waals surface area contributed by atoms with Gasteiger partial charge < -0.3 is 9.47 Å². The second-order valence-electron chi connectivity index (χ2n) is 5.14. The Hall–Kier alpha value is -2.55. The average Bonchev–Trinajstić information content (AvgIpc) is 2.54. The van der Waals surface area contributed by atoms with E-state index in [4.69, 9.17) is 4.74 Å². The third kappa shape index (κ3) is 3.55. The third-order valence-electron chi connectivity index (χ3n) is 3.52. The molecule has 2 rings (SSSR count). The molecule has 0 bridgehead atoms. The summed E-state index contributed by atoms with van der Waals surface area (Å²) >= 11 is 0. The van der Waals surface area contributed by atoms with E-state index in [1.54, 1.807) is 7.11 Å². The lowest BCUT2D eigenvalue weighted by Gasteiger charge is -2.11. The molecular formula is C19H20O3. The fourth-order valence-corrected chi connectivity index (χ4v) is 2.30. The summed E-state index contributed by atoms with van der Waals surface area (Å²) in [6, 6.07) is 14.1. The second-order valence-corrected chi connectivity index (χ2v) is 5.14. The van der Waals surface area contributed by atoms with Crippen LogP contribution in [-0.2, 0) is 9.53 Å². The molecule has 0 fully saturated rings. The predicted molar refractivity (Wildman–Crippen MR) is 88.8 cm³/mol. The van der Waals surface area contributed by atoms with E-state index in [1.165, 1.54) is 18.7 Å². The molecule has 2 aromatic rings. The van der Waals surface area contributed by atoms with Crippen molar-refractivity contribution in [3.63, 3.8) is 0 Å². The first-order valence-electron chi connectivity index (χ1n) is 7.07. The van der Waals surface area contributed by atoms with Crippen molar-refractivity contribution < 1.29 is 14.3 Å². The number of allylic oxidation sites excluding steroid dienone is 1. The lowest BCUT2D eigenvalue weighted by atomic mass is 9.98. The Morgan fingerprint density at radius 2 is 1.86 bits per heavy atom. The van der Waals surface area contributed by atoms with Crippen LogP contribution < -0.4 is 4.74 Å². The van der Waals surface area contributed by atoms with Gasteiger partial charge in [0.1, 0.15) is 5.75 Å². The molecule has 0 aliphatic heterocycles. The zero-order valence-electron chi connectivity index (χ0n) is 13.3. The third-order valence-corrected chi connectivity index (χ3v) is 3.52. The number of carbonyl (C=O) groups is 1. The van der Waals surface area contributed by atoms with Crippen molar-refractivity contribution in [2.75, 3.05) is 14.2 Å². The highest BCUT2D eigenvalue weighted by atomic mass is 16.5. The molecule has 22 heavy (non-hydrogen) atoms. The molecule has 114 valence electrons. The van der Waals surface area contributed by atoms with Gasteiger partial charge in [-0.05, 0) is 48.7 Å². The van der Waals surface area contributed by atoms with Crippen molar-refractivity contribution in [3.8, 4) is 16.9 Å². The number of methoxy groups -OCH3 is 2. The van der Waals surface area contributed by atoms with E-state index in [0.29, 0.717) is 0 Å². The molecule has 2 aromatic carbocycles. The maximum absolute atomic E-state index is 11.4. The summed E-state index contributed by atoms with van der Waals surface area (Å²) in [6.07, 6.45) is 1.49. The van der Waals surface area contributed by atoms with Crippen molar-refractivity contribution in [2.45, 2.75) is 13.8 Å². The first-order chi connectivity index (χ1) is 10.5. The van der Waals surface area contributed by atoms with E-state index in [1.807, 2.05) is 43.3 Å². The number of aryl methyl sites for hydroxylation is 1. The van der Waals surface area contributed by atoms with Gasteiger partial charge in [0.05, 0.1) is 14.2 Å². The number of carbonyl (C=O) groups excluding carboxylic acids is 1. The normalized spacial score (nSPS) is 11.2. The number of rotatable bonds is 4. The molecule has 0 aliphatic rings. The maximum Gasteiger partial charge on any atom is 0.330 e. The fraction of sp³-hybridized carbons (Fsp3) is 0.211. The highest BCUT2D eigenvalue weighted by Crippen LogP contribution is 2.32. The van der Waals surface area contributed by atoms with Crippen LogP contribution in [0.1, 0.15) is 18.1 Å². The van der Waals surface area contributed by atoms with Gasteiger partial charge in [-0.3, -0.25) is 0 Å². The zero-order chi connectivity index (χ0) is 16.1. The minimum Gasteiger partial charge on any atom is -0.496 e. The van der Waals surface area contributed by atoms with Gasteiger partial charge in [0.25, 0.3) is 0 Å². The molecule has 0 amide bonds. The van der Waals surface area contributed by atoms with Crippen molar-refractivity contribution >= 4 is 11.5 Å². The monoisotopic (exact) mass is 296 g/mol. The molecule has 0 heterocycles. The van der Waals surface area contributed by atoms with Gasteiger partial charge in [0.15, 0.2) is 0 Å². The zero-order valence-corrected chi connectivity index (χ0v) is 13.3. The topological polar surface area (TPSA) is 35.5 Å². The van der Waals surface area contributed by atoms with E-state index in [9.17, 15) is 4.79 Å². The standard InChI is InChI=1S/C19H20O3/c1-13-8-9-18(21-3)17(10-13)16-7-5-6-15(12-16)14(2)11-19(20)22-4/h5-12H,1-4H3/b14-11+. The highest BCUT2D eigenvalue weighted by molar-refractivity contribution is 5.91. The first kappa shape index (κ1) is 15.8. The Labute approximate surface area is 131 Å². The predicted octanol–water partition coefficient (Wildman–Crippen LogP) is 4.25. The molecule has 0 atom stereocenters. The van der Waals surface area contributed by atoms with Gasteiger partial charge in [-0.15, -0.1) is 0 Å². The van der Waals surface area contributed by atoms with Crippen molar-refractivity contribution in [2.24, 2.45) is 0 Å². The van der Waals surface area contributed by atoms with Gasteiger partial charge in [-0.25, -0.2) is 4.79 Å². The summed E-state index contributed by atoms with van der Waals surface area (Å²) in [6.45, 7) is 3.94. The number of ether oxygens (including phenoxy) is 2. The molecule has 0 saturated carbocycles. The smallest absolute Gasteiger partial charge is 0.330 e. The summed E-state index contributed by atoms with van der Waals surface area (Å²) in [5.74, 6) is 0.480. The van der Waals surface area contributed by atoms with Gasteiger partial charge in [0, 0.05) is 11.6 Å². The van der Waals surface area contributed by atoms with Gasteiger partial charge in [-0.1, -0.05) is 29.8 Å². The maximum atomic E-state index is 11.4. The Morgan fingerprint density at radius 3 is 2.55 bits per heavy atom. The lowest BCUT2D eigenvalue weighted by molar-refractivity contribution is -0.134. The van der Waals surface area contributed by atoms with Crippen LogP contribution in [0.25, 0.3) is 16.7 Å². The first-order valence-corrected chi connectivity index (χ1v) is 7.07. The van der Waals surface area contributed by atoms with E-state index >= 15 is 0 Å². The Kier molecular flexibility index (Phi) is 4.99. The minimum atomic E-state index is -0.351. The van der Waals surface area contributed by atoms with Crippen LogP contribution in [0.5, 0.6) is 5.75 Å². The lowest BCUT2D eigenvalue weighted by Crippen LogP contribution is -1.96. The summed E-state index contributed by atoms with van der Waals surface area (Å²) in [5, 5.41) is 0. The molecule has 0 aromatic heterocycles. The van der Waals surface area contributed by atoms with E-state index in [-0.39, 0.29) is 5.97 Å². The van der Waals surface area contributed by atoms with E-state index in [2.05, 4.69) is 17.7 Å². The number of hydrogen-bond acceptors (Lipinski definition) is 3. The van der Waals surface area contributed by atoms with E-state index in [0.717, 1.165) is 28.0 Å². The van der Waals surface area contributed by atoms with Gasteiger partial charge >= 0.3 is 5.97 Å². The summed E-state index contributed by atoms with van der Waals surface area (Å²) in [7, 11) is 3.04. The largest absolute Gasteiger partial charge is 0.496 e. The molecule has 0 aliphatic carbocycles. The number of esters is 1. The molecule has 3 nitrogen and oxygen atoms in total. The fourth-order valence-electron chi connectivity index (χ4n) is 2.30. The number of benzene rings is 2.